The number of carbonyl (C=O) groups is 1. The number of methoxy groups -OCH3 is 1. The molecule has 0 spiro atoms. The van der Waals surface area contributed by atoms with Gasteiger partial charge in [0.25, 0.3) is 5.56 Å². The molecule has 1 aromatic rings. The molecule has 0 amide bonds. The number of aromatic nitrogens is 2. The maximum absolute atomic E-state index is 11.9. The standard InChI is InChI=1S/C11H16BrN3O3/c1-7(2)15-11(17)10(12)8(6-14-15)13-5-4-9(16)18-3/h6-7,13H,4-5H2,1-3H3. The highest BCUT2D eigenvalue weighted by Crippen LogP contribution is 2.16. The SMILES string of the molecule is COC(=O)CCNc1cnn(C(C)C)c(=O)c1Br. The zero-order valence-corrected chi connectivity index (χ0v) is 12.2. The van der Waals surface area contributed by atoms with Crippen molar-refractivity contribution in [3.63, 3.8) is 0 Å². The number of carbonyl (C=O) groups excluding carboxylic acids is 1. The van der Waals surface area contributed by atoms with Crippen LogP contribution in [0.2, 0.25) is 0 Å². The van der Waals surface area contributed by atoms with E-state index in [0.717, 1.165) is 0 Å². The van der Waals surface area contributed by atoms with Crippen molar-refractivity contribution in [1.82, 2.24) is 9.78 Å². The lowest BCUT2D eigenvalue weighted by atomic mass is 10.3. The Morgan fingerprint density at radius 3 is 2.83 bits per heavy atom. The number of esters is 1. The molecular formula is C11H16BrN3O3. The molecule has 0 aliphatic heterocycles. The number of nitrogens with zero attached hydrogens (tertiary/aromatic N) is 2. The van der Waals surface area contributed by atoms with Crippen molar-refractivity contribution in [2.75, 3.05) is 19.0 Å². The van der Waals surface area contributed by atoms with Gasteiger partial charge in [0.15, 0.2) is 0 Å². The molecule has 1 heterocycles. The number of hydrogen-bond donors (Lipinski definition) is 1. The maximum Gasteiger partial charge on any atom is 0.307 e. The van der Waals surface area contributed by atoms with Crippen LogP contribution in [0.25, 0.3) is 0 Å². The van der Waals surface area contributed by atoms with Gasteiger partial charge in [-0.25, -0.2) is 4.68 Å². The molecular weight excluding hydrogens is 302 g/mol. The molecule has 1 rings (SSSR count). The van der Waals surface area contributed by atoms with Crippen molar-refractivity contribution < 1.29 is 9.53 Å². The molecule has 1 N–H and O–H groups in total. The fourth-order valence-electron chi connectivity index (χ4n) is 1.34. The molecule has 0 fully saturated rings. The quantitative estimate of drug-likeness (QED) is 0.834. The monoisotopic (exact) mass is 317 g/mol. The van der Waals surface area contributed by atoms with E-state index in [4.69, 9.17) is 0 Å². The van der Waals surface area contributed by atoms with E-state index in [1.54, 1.807) is 6.20 Å². The Hall–Kier alpha value is -1.37. The summed E-state index contributed by atoms with van der Waals surface area (Å²) < 4.78 is 6.32. The minimum absolute atomic E-state index is 0.00193. The largest absolute Gasteiger partial charge is 0.469 e. The van der Waals surface area contributed by atoms with Crippen LogP contribution >= 0.6 is 15.9 Å². The van der Waals surface area contributed by atoms with Crippen molar-refractivity contribution in [2.24, 2.45) is 0 Å². The third-order valence-corrected chi connectivity index (χ3v) is 3.07. The molecule has 1 aromatic heterocycles. The first-order chi connectivity index (χ1) is 8.47. The third-order valence-electron chi connectivity index (χ3n) is 2.30. The topological polar surface area (TPSA) is 73.2 Å². The lowest BCUT2D eigenvalue weighted by molar-refractivity contribution is -0.140. The minimum Gasteiger partial charge on any atom is -0.469 e. The van der Waals surface area contributed by atoms with Crippen LogP contribution in [0.4, 0.5) is 5.69 Å². The number of hydrogen-bond acceptors (Lipinski definition) is 5. The molecule has 7 heteroatoms. The van der Waals surface area contributed by atoms with Gasteiger partial charge in [0.1, 0.15) is 4.47 Å². The predicted octanol–water partition coefficient (Wildman–Crippen LogP) is 1.56. The highest BCUT2D eigenvalue weighted by molar-refractivity contribution is 9.10. The summed E-state index contributed by atoms with van der Waals surface area (Å²) >= 11 is 3.23. The molecule has 0 aromatic carbocycles. The van der Waals surface area contributed by atoms with E-state index in [-0.39, 0.29) is 24.0 Å². The molecule has 0 saturated heterocycles. The summed E-state index contributed by atoms with van der Waals surface area (Å²) in [7, 11) is 1.34. The highest BCUT2D eigenvalue weighted by Gasteiger charge is 2.10. The van der Waals surface area contributed by atoms with E-state index in [0.29, 0.717) is 16.7 Å². The molecule has 0 atom stereocenters. The van der Waals surface area contributed by atoms with E-state index in [9.17, 15) is 9.59 Å². The maximum atomic E-state index is 11.9. The fourth-order valence-corrected chi connectivity index (χ4v) is 1.76. The number of nitrogens with one attached hydrogen (secondary N) is 1. The van der Waals surface area contributed by atoms with Crippen molar-refractivity contribution in [3.05, 3.63) is 21.0 Å². The number of rotatable bonds is 5. The van der Waals surface area contributed by atoms with Crippen LogP contribution in [-0.2, 0) is 9.53 Å². The Labute approximate surface area is 113 Å². The number of halogens is 1. The van der Waals surface area contributed by atoms with Crippen molar-refractivity contribution >= 4 is 27.6 Å². The van der Waals surface area contributed by atoms with Crippen LogP contribution < -0.4 is 10.9 Å². The zero-order chi connectivity index (χ0) is 13.7. The van der Waals surface area contributed by atoms with Crippen molar-refractivity contribution in [1.29, 1.82) is 0 Å². The smallest absolute Gasteiger partial charge is 0.307 e. The second-order valence-electron chi connectivity index (χ2n) is 3.97. The Bertz CT molecular complexity index is 485. The van der Waals surface area contributed by atoms with E-state index in [1.807, 2.05) is 13.8 Å². The van der Waals surface area contributed by atoms with E-state index in [1.165, 1.54) is 11.8 Å². The van der Waals surface area contributed by atoms with Gasteiger partial charge in [-0.2, -0.15) is 5.10 Å². The molecule has 0 aliphatic rings. The third kappa shape index (κ3) is 3.56. The van der Waals surface area contributed by atoms with Gasteiger partial charge in [0.2, 0.25) is 0 Å². The van der Waals surface area contributed by atoms with Gasteiger partial charge in [0, 0.05) is 6.54 Å². The summed E-state index contributed by atoms with van der Waals surface area (Å²) in [6.07, 6.45) is 1.79. The summed E-state index contributed by atoms with van der Waals surface area (Å²) in [5.74, 6) is -0.304. The van der Waals surface area contributed by atoms with Crippen LogP contribution in [0.5, 0.6) is 0 Å². The van der Waals surface area contributed by atoms with Crippen LogP contribution in [-0.4, -0.2) is 29.4 Å². The van der Waals surface area contributed by atoms with Crippen LogP contribution in [0, 0.1) is 0 Å². The number of anilines is 1. The van der Waals surface area contributed by atoms with E-state index < -0.39 is 0 Å². The predicted molar refractivity (Wildman–Crippen MR) is 71.7 cm³/mol. The van der Waals surface area contributed by atoms with Gasteiger partial charge < -0.3 is 10.1 Å². The van der Waals surface area contributed by atoms with Gasteiger partial charge in [0.05, 0.1) is 31.5 Å². The average Bonchev–Trinajstić information content (AvgIpc) is 2.33. The first kappa shape index (κ1) is 14.7. The Morgan fingerprint density at radius 1 is 1.61 bits per heavy atom. The fraction of sp³-hybridized carbons (Fsp3) is 0.545. The summed E-state index contributed by atoms with van der Waals surface area (Å²) in [6, 6.07) is -0.00193. The summed E-state index contributed by atoms with van der Waals surface area (Å²) in [4.78, 5) is 22.8. The van der Waals surface area contributed by atoms with Gasteiger partial charge in [-0.1, -0.05) is 0 Å². The van der Waals surface area contributed by atoms with Gasteiger partial charge in [-0.15, -0.1) is 0 Å². The summed E-state index contributed by atoms with van der Waals surface area (Å²) in [5.41, 5.74) is 0.369. The normalized spacial score (nSPS) is 10.5. The molecule has 6 nitrogen and oxygen atoms in total. The second-order valence-corrected chi connectivity index (χ2v) is 4.76. The molecule has 0 bridgehead atoms. The van der Waals surface area contributed by atoms with Crippen molar-refractivity contribution in [2.45, 2.75) is 26.3 Å². The van der Waals surface area contributed by atoms with Gasteiger partial charge in [-0.05, 0) is 29.8 Å². The molecule has 0 saturated carbocycles. The van der Waals surface area contributed by atoms with Gasteiger partial charge >= 0.3 is 5.97 Å². The second kappa shape index (κ2) is 6.53. The lowest BCUT2D eigenvalue weighted by Crippen LogP contribution is -2.26. The summed E-state index contributed by atoms with van der Waals surface area (Å²) in [6.45, 7) is 4.15. The highest BCUT2D eigenvalue weighted by atomic mass is 79.9. The Balaban J connectivity index is 2.77. The van der Waals surface area contributed by atoms with Crippen LogP contribution in [0.3, 0.4) is 0 Å². The summed E-state index contributed by atoms with van der Waals surface area (Å²) in [5, 5.41) is 7.01. The van der Waals surface area contributed by atoms with E-state index in [2.05, 4.69) is 31.1 Å². The first-order valence-electron chi connectivity index (χ1n) is 5.55. The van der Waals surface area contributed by atoms with Crippen LogP contribution in [0.15, 0.2) is 15.5 Å². The minimum atomic E-state index is -0.304. The Kier molecular flexibility index (Phi) is 5.33. The molecule has 0 unspecified atom stereocenters. The molecule has 18 heavy (non-hydrogen) atoms. The Morgan fingerprint density at radius 2 is 2.28 bits per heavy atom. The zero-order valence-electron chi connectivity index (χ0n) is 10.6. The lowest BCUT2D eigenvalue weighted by Gasteiger charge is -2.12. The van der Waals surface area contributed by atoms with Crippen molar-refractivity contribution in [3.8, 4) is 0 Å². The number of ether oxygens (including phenoxy) is 1. The average molecular weight is 318 g/mol. The van der Waals surface area contributed by atoms with E-state index >= 15 is 0 Å². The molecule has 0 aliphatic carbocycles. The first-order valence-corrected chi connectivity index (χ1v) is 6.34. The molecule has 100 valence electrons. The van der Waals surface area contributed by atoms with Crippen LogP contribution in [0.1, 0.15) is 26.3 Å². The van der Waals surface area contributed by atoms with Gasteiger partial charge in [-0.3, -0.25) is 9.59 Å². The molecule has 0 radical (unpaired) electrons.